The van der Waals surface area contributed by atoms with E-state index in [1.165, 1.54) is 0 Å². The molecule has 0 spiro atoms. The molecule has 0 aliphatic rings. The average molecular weight is 206 g/mol. The topological polar surface area (TPSA) is 72.2 Å². The van der Waals surface area contributed by atoms with E-state index in [1.54, 1.807) is 0 Å². The highest BCUT2D eigenvalue weighted by molar-refractivity contribution is 6.34. The summed E-state index contributed by atoms with van der Waals surface area (Å²) in [5.41, 5.74) is 5.83. The van der Waals surface area contributed by atoms with E-state index in [-0.39, 0.29) is 6.04 Å². The van der Waals surface area contributed by atoms with E-state index in [0.29, 0.717) is 6.42 Å². The molecule has 0 heterocycles. The number of hydrogen-bond donors (Lipinski definition) is 2. The minimum Gasteiger partial charge on any atom is -0.361 e. The van der Waals surface area contributed by atoms with Gasteiger partial charge in [-0.25, -0.2) is 0 Å². The molecule has 1 aromatic rings. The van der Waals surface area contributed by atoms with Gasteiger partial charge in [0.25, 0.3) is 0 Å². The molecule has 0 unspecified atom stereocenters. The van der Waals surface area contributed by atoms with Crippen LogP contribution in [0.25, 0.3) is 0 Å². The number of nitrogens with two attached hydrogens (primary N) is 1. The summed E-state index contributed by atoms with van der Waals surface area (Å²) in [4.78, 5) is 21.7. The van der Waals surface area contributed by atoms with Gasteiger partial charge in [-0.05, 0) is 12.0 Å². The van der Waals surface area contributed by atoms with Gasteiger partial charge in [0.05, 0.1) is 6.04 Å². The monoisotopic (exact) mass is 206 g/mol. The molecule has 2 amide bonds. The smallest absolute Gasteiger partial charge is 0.309 e. The van der Waals surface area contributed by atoms with Crippen LogP contribution in [-0.2, 0) is 9.59 Å². The largest absolute Gasteiger partial charge is 0.361 e. The molecule has 15 heavy (non-hydrogen) atoms. The van der Waals surface area contributed by atoms with Crippen LogP contribution in [0, 0.1) is 0 Å². The predicted molar refractivity (Wildman–Crippen MR) is 56.8 cm³/mol. The molecule has 0 saturated heterocycles. The fourth-order valence-electron chi connectivity index (χ4n) is 1.34. The number of carbonyl (C=O) groups is 2. The molecule has 4 heteroatoms. The summed E-state index contributed by atoms with van der Waals surface area (Å²) in [5, 5.41) is 2.57. The van der Waals surface area contributed by atoms with Gasteiger partial charge < -0.3 is 11.1 Å². The molecule has 1 atom stereocenters. The van der Waals surface area contributed by atoms with Gasteiger partial charge in [-0.2, -0.15) is 0 Å². The highest BCUT2D eigenvalue weighted by Gasteiger charge is 2.15. The summed E-state index contributed by atoms with van der Waals surface area (Å²) in [6, 6.07) is 9.30. The van der Waals surface area contributed by atoms with Crippen molar-refractivity contribution in [2.45, 2.75) is 19.4 Å². The zero-order chi connectivity index (χ0) is 11.3. The minimum absolute atomic E-state index is 0.161. The lowest BCUT2D eigenvalue weighted by molar-refractivity contribution is -0.137. The van der Waals surface area contributed by atoms with Gasteiger partial charge in [-0.15, -0.1) is 0 Å². The van der Waals surface area contributed by atoms with Crippen LogP contribution in [0.2, 0.25) is 0 Å². The molecular weight excluding hydrogens is 192 g/mol. The molecule has 0 aromatic heterocycles. The quantitative estimate of drug-likeness (QED) is 0.716. The highest BCUT2D eigenvalue weighted by Crippen LogP contribution is 2.15. The number of rotatable bonds is 3. The Kier molecular flexibility index (Phi) is 3.85. The SMILES string of the molecule is CC[C@@H](NC(=O)C(N)=O)c1ccccc1. The van der Waals surface area contributed by atoms with Gasteiger partial charge in [0.1, 0.15) is 0 Å². The number of primary amides is 1. The lowest BCUT2D eigenvalue weighted by atomic mass is 10.0. The molecule has 3 N–H and O–H groups in total. The van der Waals surface area contributed by atoms with Gasteiger partial charge in [0, 0.05) is 0 Å². The molecule has 80 valence electrons. The van der Waals surface area contributed by atoms with Crippen molar-refractivity contribution < 1.29 is 9.59 Å². The lowest BCUT2D eigenvalue weighted by Gasteiger charge is -2.15. The summed E-state index contributed by atoms with van der Waals surface area (Å²) in [6.45, 7) is 1.93. The van der Waals surface area contributed by atoms with Gasteiger partial charge >= 0.3 is 11.8 Å². The molecule has 0 radical (unpaired) electrons. The van der Waals surface area contributed by atoms with Crippen molar-refractivity contribution in [3.05, 3.63) is 35.9 Å². The Bertz CT molecular complexity index is 349. The normalized spacial score (nSPS) is 11.8. The van der Waals surface area contributed by atoms with Crippen molar-refractivity contribution in [3.8, 4) is 0 Å². The van der Waals surface area contributed by atoms with Crippen LogP contribution in [0.4, 0.5) is 0 Å². The van der Waals surface area contributed by atoms with Crippen LogP contribution in [0.3, 0.4) is 0 Å². The molecule has 0 saturated carbocycles. The van der Waals surface area contributed by atoms with Gasteiger partial charge in [0.2, 0.25) is 0 Å². The van der Waals surface area contributed by atoms with E-state index < -0.39 is 11.8 Å². The summed E-state index contributed by atoms with van der Waals surface area (Å²) < 4.78 is 0. The Hall–Kier alpha value is -1.84. The molecule has 0 aliphatic heterocycles. The van der Waals surface area contributed by atoms with Gasteiger partial charge in [0.15, 0.2) is 0 Å². The number of carbonyl (C=O) groups excluding carboxylic acids is 2. The van der Waals surface area contributed by atoms with Crippen LogP contribution in [0.15, 0.2) is 30.3 Å². The third-order valence-corrected chi connectivity index (χ3v) is 2.14. The van der Waals surface area contributed by atoms with Crippen molar-refractivity contribution in [1.29, 1.82) is 0 Å². The molecular formula is C11H14N2O2. The van der Waals surface area contributed by atoms with Crippen LogP contribution in [0.5, 0.6) is 0 Å². The predicted octanol–water partition coefficient (Wildman–Crippen LogP) is 0.739. The Morgan fingerprint density at radius 3 is 2.40 bits per heavy atom. The number of nitrogens with one attached hydrogen (secondary N) is 1. The maximum atomic E-state index is 11.1. The second-order valence-electron chi connectivity index (χ2n) is 3.21. The van der Waals surface area contributed by atoms with E-state index in [4.69, 9.17) is 5.73 Å². The van der Waals surface area contributed by atoms with E-state index in [2.05, 4.69) is 5.32 Å². The highest BCUT2D eigenvalue weighted by atomic mass is 16.2. The zero-order valence-corrected chi connectivity index (χ0v) is 8.57. The van der Waals surface area contributed by atoms with E-state index >= 15 is 0 Å². The number of benzene rings is 1. The first-order chi connectivity index (χ1) is 7.15. The van der Waals surface area contributed by atoms with Gasteiger partial charge in [-0.3, -0.25) is 9.59 Å². The molecule has 0 bridgehead atoms. The Morgan fingerprint density at radius 2 is 1.93 bits per heavy atom. The maximum absolute atomic E-state index is 11.1. The third kappa shape index (κ3) is 3.09. The van der Waals surface area contributed by atoms with Gasteiger partial charge in [-0.1, -0.05) is 37.3 Å². The summed E-state index contributed by atoms with van der Waals surface area (Å²) in [6.07, 6.45) is 0.711. The van der Waals surface area contributed by atoms with Crippen molar-refractivity contribution in [3.63, 3.8) is 0 Å². The average Bonchev–Trinajstić information content (AvgIpc) is 2.26. The first-order valence-electron chi connectivity index (χ1n) is 4.80. The summed E-state index contributed by atoms with van der Waals surface area (Å²) in [7, 11) is 0. The van der Waals surface area contributed by atoms with Crippen molar-refractivity contribution in [2.75, 3.05) is 0 Å². The van der Waals surface area contributed by atoms with Crippen LogP contribution in [-0.4, -0.2) is 11.8 Å². The van der Waals surface area contributed by atoms with Crippen molar-refractivity contribution in [2.24, 2.45) is 5.73 Å². The van der Waals surface area contributed by atoms with Crippen LogP contribution >= 0.6 is 0 Å². The van der Waals surface area contributed by atoms with Crippen molar-refractivity contribution in [1.82, 2.24) is 5.32 Å². The Morgan fingerprint density at radius 1 is 1.33 bits per heavy atom. The minimum atomic E-state index is -0.954. The number of hydrogen-bond acceptors (Lipinski definition) is 2. The first kappa shape index (κ1) is 11.2. The summed E-state index contributed by atoms with van der Waals surface area (Å²) in [5.74, 6) is -1.70. The third-order valence-electron chi connectivity index (χ3n) is 2.14. The fourth-order valence-corrected chi connectivity index (χ4v) is 1.34. The zero-order valence-electron chi connectivity index (χ0n) is 8.57. The molecule has 4 nitrogen and oxygen atoms in total. The Labute approximate surface area is 88.5 Å². The molecule has 0 aliphatic carbocycles. The van der Waals surface area contributed by atoms with E-state index in [0.717, 1.165) is 5.56 Å². The fraction of sp³-hybridized carbons (Fsp3) is 0.273. The summed E-state index contributed by atoms with van der Waals surface area (Å²) >= 11 is 0. The van der Waals surface area contributed by atoms with Crippen LogP contribution < -0.4 is 11.1 Å². The van der Waals surface area contributed by atoms with E-state index in [9.17, 15) is 9.59 Å². The molecule has 1 rings (SSSR count). The van der Waals surface area contributed by atoms with Crippen molar-refractivity contribution >= 4 is 11.8 Å². The maximum Gasteiger partial charge on any atom is 0.309 e. The molecule has 0 fully saturated rings. The Balaban J connectivity index is 2.73. The number of amides is 2. The molecule has 1 aromatic carbocycles. The second-order valence-corrected chi connectivity index (χ2v) is 3.21. The van der Waals surface area contributed by atoms with Crippen LogP contribution in [0.1, 0.15) is 24.9 Å². The lowest BCUT2D eigenvalue weighted by Crippen LogP contribution is -2.38. The first-order valence-corrected chi connectivity index (χ1v) is 4.80. The second kappa shape index (κ2) is 5.14. The van der Waals surface area contributed by atoms with E-state index in [1.807, 2.05) is 37.3 Å². The standard InChI is InChI=1S/C11H14N2O2/c1-2-9(13-11(15)10(12)14)8-6-4-3-5-7-8/h3-7,9H,2H2,1H3,(H2,12,14)(H,13,15)/t9-/m1/s1.